The van der Waals surface area contributed by atoms with Gasteiger partial charge in [-0.05, 0) is 98.2 Å². The smallest absolute Gasteiger partial charge is 0.344 e. The highest BCUT2D eigenvalue weighted by molar-refractivity contribution is 5.57. The lowest BCUT2D eigenvalue weighted by molar-refractivity contribution is 0.406. The van der Waals surface area contributed by atoms with Crippen molar-refractivity contribution in [2.75, 3.05) is 7.11 Å². The monoisotopic (exact) mass is 534 g/mol. The van der Waals surface area contributed by atoms with E-state index in [-0.39, 0.29) is 0 Å². The molecule has 202 valence electrons. The molecule has 0 aliphatic carbocycles. The highest BCUT2D eigenvalue weighted by atomic mass is 16.5. The molecular weight excluding hydrogens is 504 g/mol. The predicted molar refractivity (Wildman–Crippen MR) is 158 cm³/mol. The zero-order valence-electron chi connectivity index (χ0n) is 23.4. The molecule has 40 heavy (non-hydrogen) atoms. The van der Waals surface area contributed by atoms with E-state index in [2.05, 4.69) is 46.4 Å². The van der Waals surface area contributed by atoms with Crippen LogP contribution in [0.15, 0.2) is 60.7 Å². The summed E-state index contributed by atoms with van der Waals surface area (Å²) in [4.78, 5) is 0. The molecule has 0 fully saturated rings. The fraction of sp³-hybridized carbons (Fsp3) is 0.212. The minimum absolute atomic E-state index is 0.368. The highest BCUT2D eigenvalue weighted by Crippen LogP contribution is 2.37. The minimum Gasteiger partial charge on any atom is -0.498 e. The highest BCUT2D eigenvalue weighted by Gasteiger charge is 2.18. The zero-order chi connectivity index (χ0) is 28.8. The Kier molecular flexibility index (Phi) is 8.47. The first-order valence-corrected chi connectivity index (χ1v) is 12.7. The van der Waals surface area contributed by atoms with Crippen LogP contribution in [0.25, 0.3) is 10.0 Å². The molecule has 0 radical (unpaired) electrons. The summed E-state index contributed by atoms with van der Waals surface area (Å²) in [5, 5.41) is 27.4. The summed E-state index contributed by atoms with van der Waals surface area (Å²) in [5.74, 6) is 2.88. The molecule has 0 N–H and O–H groups in total. The molecule has 0 spiro atoms. The molecule has 0 aliphatic rings. The second kappa shape index (κ2) is 12.1. The lowest BCUT2D eigenvalue weighted by Gasteiger charge is -2.17. The van der Waals surface area contributed by atoms with Gasteiger partial charge in [-0.1, -0.05) is 42.5 Å². The van der Waals surface area contributed by atoms with Gasteiger partial charge in [0.1, 0.15) is 28.6 Å². The Morgan fingerprint density at radius 1 is 0.600 bits per heavy atom. The van der Waals surface area contributed by atoms with Gasteiger partial charge < -0.3 is 24.6 Å². The molecule has 0 bridgehead atoms. The first kappa shape index (κ1) is 27.9. The van der Waals surface area contributed by atoms with Crippen molar-refractivity contribution >= 4 is 0 Å². The minimum atomic E-state index is 0.368. The summed E-state index contributed by atoms with van der Waals surface area (Å²) < 4.78 is 17.8. The van der Waals surface area contributed by atoms with Crippen molar-refractivity contribution in [2.45, 2.75) is 41.0 Å². The number of methoxy groups -OCH3 is 1. The Hall–Kier alpha value is -5.14. The van der Waals surface area contributed by atoms with Gasteiger partial charge in [-0.25, -0.2) is 0 Å². The summed E-state index contributed by atoms with van der Waals surface area (Å²) in [6, 6.07) is 24.2. The molecule has 0 saturated carbocycles. The molecule has 0 amide bonds. The van der Waals surface area contributed by atoms with E-state index in [0.717, 1.165) is 51.1 Å². The molecule has 7 nitrogen and oxygen atoms in total. The van der Waals surface area contributed by atoms with Crippen LogP contribution >= 0.6 is 0 Å². The van der Waals surface area contributed by atoms with Gasteiger partial charge in [0.25, 0.3) is 0 Å². The summed E-state index contributed by atoms with van der Waals surface area (Å²) >= 11 is 0. The summed E-state index contributed by atoms with van der Waals surface area (Å²) in [5.41, 5.74) is 7.94. The Labute approximate surface area is 234 Å². The van der Waals surface area contributed by atoms with Gasteiger partial charge in [-0.15, -0.1) is 0 Å². The van der Waals surface area contributed by atoms with E-state index in [1.165, 1.54) is 7.11 Å². The van der Waals surface area contributed by atoms with E-state index in [4.69, 9.17) is 14.2 Å². The number of nitrogens with zero attached hydrogens (tertiary/aromatic N) is 2. The standard InChI is InChI=1S/C33H30N2O5/c1-20-9-7-11-30(27(20)18-34-36)39-32-21(2)13-25(14-22(32)3)17-26-15-23(4)33(24(5)16-26)40-31-12-8-10-29(38-6)28(31)19-35-37/h7-16H,17H2,1-6H3. The van der Waals surface area contributed by atoms with Crippen LogP contribution in [0, 0.1) is 57.2 Å². The van der Waals surface area contributed by atoms with Crippen LogP contribution < -0.4 is 14.2 Å². The molecule has 0 aliphatic heterocycles. The first-order chi connectivity index (χ1) is 19.2. The van der Waals surface area contributed by atoms with Crippen molar-refractivity contribution in [1.29, 1.82) is 0 Å². The third kappa shape index (κ3) is 5.95. The Morgan fingerprint density at radius 3 is 1.50 bits per heavy atom. The third-order valence-electron chi connectivity index (χ3n) is 6.63. The summed E-state index contributed by atoms with van der Waals surface area (Å²) in [7, 11) is 1.52. The number of rotatable bonds is 7. The molecule has 0 saturated heterocycles. The van der Waals surface area contributed by atoms with Crippen LogP contribution in [0.5, 0.6) is 28.7 Å². The second-order valence-corrected chi connectivity index (χ2v) is 9.69. The Balaban J connectivity index is 1.60. The third-order valence-corrected chi connectivity index (χ3v) is 6.63. The first-order valence-electron chi connectivity index (χ1n) is 12.7. The second-order valence-electron chi connectivity index (χ2n) is 9.69. The fourth-order valence-corrected chi connectivity index (χ4v) is 4.90. The fourth-order valence-electron chi connectivity index (χ4n) is 4.90. The van der Waals surface area contributed by atoms with Crippen LogP contribution in [-0.2, 0) is 6.42 Å². The maximum atomic E-state index is 10.9. The van der Waals surface area contributed by atoms with Crippen molar-refractivity contribution in [1.82, 2.24) is 0 Å². The van der Waals surface area contributed by atoms with E-state index in [1.807, 2.05) is 52.8 Å². The molecule has 4 aromatic carbocycles. The molecule has 4 aromatic rings. The molecule has 0 heterocycles. The maximum Gasteiger partial charge on any atom is 0.344 e. The van der Waals surface area contributed by atoms with E-state index in [9.17, 15) is 10.4 Å². The van der Waals surface area contributed by atoms with Gasteiger partial charge in [0, 0.05) is 10.0 Å². The summed E-state index contributed by atoms with van der Waals surface area (Å²) in [6.07, 6.45) is 0.720. The van der Waals surface area contributed by atoms with Crippen LogP contribution in [0.4, 0.5) is 0 Å². The molecule has 0 aromatic heterocycles. The normalized spacial score (nSPS) is 10.2. The molecule has 0 unspecified atom stereocenters. The number of hydrogen-bond acceptors (Lipinski definition) is 5. The summed E-state index contributed by atoms with van der Waals surface area (Å²) in [6.45, 7) is 9.89. The average Bonchev–Trinajstić information content (AvgIpc) is 2.91. The van der Waals surface area contributed by atoms with Crippen molar-refractivity contribution < 1.29 is 14.2 Å². The molecule has 4 rings (SSSR count). The van der Waals surface area contributed by atoms with E-state index < -0.39 is 0 Å². The van der Waals surface area contributed by atoms with Crippen LogP contribution in [0.1, 0.15) is 50.1 Å². The van der Waals surface area contributed by atoms with Crippen molar-refractivity contribution in [3.63, 3.8) is 0 Å². The van der Waals surface area contributed by atoms with Crippen LogP contribution in [0.3, 0.4) is 0 Å². The number of hydrogen-bond donors (Lipinski definition) is 0. The quantitative estimate of drug-likeness (QED) is 0.221. The van der Waals surface area contributed by atoms with E-state index in [0.29, 0.717) is 34.1 Å². The lowest BCUT2D eigenvalue weighted by Crippen LogP contribution is -1.99. The van der Waals surface area contributed by atoms with Gasteiger partial charge >= 0.3 is 12.1 Å². The van der Waals surface area contributed by atoms with Crippen LogP contribution in [0.2, 0.25) is 0 Å². The number of benzene rings is 4. The SMILES string of the molecule is COc1cccc(Oc2c(C)cc(Cc3cc(C)c(Oc4cccc(C)c4C#[N+][O-])c(C)c3)cc2C)c1C#[N+][O-]. The predicted octanol–water partition coefficient (Wildman–Crippen LogP) is 8.77. The largest absolute Gasteiger partial charge is 0.498 e. The Bertz CT molecular complexity index is 1660. The molecule has 7 heteroatoms. The van der Waals surface area contributed by atoms with Crippen molar-refractivity contribution in [3.8, 4) is 40.9 Å². The van der Waals surface area contributed by atoms with E-state index >= 15 is 0 Å². The van der Waals surface area contributed by atoms with Crippen molar-refractivity contribution in [2.24, 2.45) is 0 Å². The topological polar surface area (TPSA) is 82.5 Å². The van der Waals surface area contributed by atoms with Crippen molar-refractivity contribution in [3.05, 3.63) is 131 Å². The lowest BCUT2D eigenvalue weighted by atomic mass is 9.97. The zero-order valence-corrected chi connectivity index (χ0v) is 23.4. The van der Waals surface area contributed by atoms with Gasteiger partial charge in [0.05, 0.1) is 7.11 Å². The molecular formula is C33H30N2O5. The Morgan fingerprint density at radius 2 is 1.02 bits per heavy atom. The van der Waals surface area contributed by atoms with Gasteiger partial charge in [-0.2, -0.15) is 0 Å². The molecule has 0 atom stereocenters. The van der Waals surface area contributed by atoms with Gasteiger partial charge in [-0.3, -0.25) is 0 Å². The maximum absolute atomic E-state index is 10.9. The van der Waals surface area contributed by atoms with Crippen LogP contribution in [-0.4, -0.2) is 7.11 Å². The van der Waals surface area contributed by atoms with E-state index in [1.54, 1.807) is 18.2 Å². The van der Waals surface area contributed by atoms with Gasteiger partial charge in [0.2, 0.25) is 0 Å². The average molecular weight is 535 g/mol. The number of aryl methyl sites for hydroxylation is 5. The van der Waals surface area contributed by atoms with Gasteiger partial charge in [0.15, 0.2) is 11.3 Å². The number of ether oxygens (including phenoxy) is 3.